The summed E-state index contributed by atoms with van der Waals surface area (Å²) in [5.74, 6) is 1.55. The summed E-state index contributed by atoms with van der Waals surface area (Å²) in [6, 6.07) is 31.0. The van der Waals surface area contributed by atoms with E-state index < -0.39 is 0 Å². The van der Waals surface area contributed by atoms with E-state index in [-0.39, 0.29) is 16.5 Å². The molecule has 54 heavy (non-hydrogen) atoms. The summed E-state index contributed by atoms with van der Waals surface area (Å²) >= 11 is 21.5. The van der Waals surface area contributed by atoms with E-state index in [9.17, 15) is 0 Å². The molecule has 0 saturated heterocycles. The van der Waals surface area contributed by atoms with E-state index in [2.05, 4.69) is 130 Å². The number of nitrogens with one attached hydrogen (secondary N) is 3. The monoisotopic (exact) mass is 798 g/mol. The molecule has 3 unspecified atom stereocenters. The molecule has 4 aromatic rings. The minimum Gasteiger partial charge on any atom is -0.348 e. The Hall–Kier alpha value is -3.18. The molecule has 0 aliphatic heterocycles. The standard InChI is InChI=1S/C42H63Cl3N9/c1-7-52(8-2,37(43)34-22-16-13-17-23-34)31-28-46-40-49-41(47-29-32-53(9-3,10-4)38(44)35-24-18-14-19-25-35)51-42(50-40)48-30-33-54(11-5,12-6)39(45)36-26-20-15-21-27-36/h13-27,37-39H,7-12,28-33H2,1-6H3,(H3,46,47,48,49,50,51)/q+3. The number of halogens is 3. The fourth-order valence-electron chi connectivity index (χ4n) is 7.49. The van der Waals surface area contributed by atoms with Gasteiger partial charge in [0, 0.05) is 16.7 Å². The largest absolute Gasteiger partial charge is 0.348 e. The average Bonchev–Trinajstić information content (AvgIpc) is 3.23. The van der Waals surface area contributed by atoms with E-state index >= 15 is 0 Å². The lowest BCUT2D eigenvalue weighted by Gasteiger charge is -2.41. The molecule has 3 N–H and O–H groups in total. The van der Waals surface area contributed by atoms with Gasteiger partial charge in [-0.15, -0.1) is 0 Å². The number of hydrogen-bond donors (Lipinski definition) is 3. The zero-order chi connectivity index (χ0) is 39.0. The molecule has 0 saturated carbocycles. The Morgan fingerprint density at radius 2 is 0.630 bits per heavy atom. The van der Waals surface area contributed by atoms with Crippen LogP contribution < -0.4 is 16.0 Å². The quantitative estimate of drug-likeness (QED) is 0.0373. The van der Waals surface area contributed by atoms with Crippen LogP contribution in [0.15, 0.2) is 91.0 Å². The summed E-state index contributed by atoms with van der Waals surface area (Å²) in [7, 11) is 0. The predicted molar refractivity (Wildman–Crippen MR) is 229 cm³/mol. The Bertz CT molecular complexity index is 1430. The van der Waals surface area contributed by atoms with Gasteiger partial charge in [-0.1, -0.05) is 126 Å². The fraction of sp³-hybridized carbons (Fsp3) is 0.500. The summed E-state index contributed by atoms with van der Waals surface area (Å²) in [5.41, 5.74) is 2.89. The van der Waals surface area contributed by atoms with Gasteiger partial charge in [-0.05, 0) is 41.5 Å². The lowest BCUT2D eigenvalue weighted by atomic mass is 10.1. The number of aromatic nitrogens is 3. The maximum Gasteiger partial charge on any atom is 0.229 e. The molecule has 3 atom stereocenters. The van der Waals surface area contributed by atoms with E-state index in [0.717, 1.165) is 89.0 Å². The zero-order valence-electron chi connectivity index (χ0n) is 33.2. The van der Waals surface area contributed by atoms with Gasteiger partial charge in [0.25, 0.3) is 0 Å². The molecule has 9 nitrogen and oxygen atoms in total. The highest BCUT2D eigenvalue weighted by molar-refractivity contribution is 6.20. The predicted octanol–water partition coefficient (Wildman–Crippen LogP) is 9.49. The van der Waals surface area contributed by atoms with Crippen molar-refractivity contribution in [1.29, 1.82) is 0 Å². The molecule has 0 amide bonds. The second-order valence-corrected chi connectivity index (χ2v) is 15.3. The summed E-state index contributed by atoms with van der Waals surface area (Å²) in [4.78, 5) is 14.5. The molecule has 0 aliphatic carbocycles. The Morgan fingerprint density at radius 3 is 0.833 bits per heavy atom. The third-order valence-electron chi connectivity index (χ3n) is 11.6. The van der Waals surface area contributed by atoms with Crippen LogP contribution >= 0.6 is 34.8 Å². The molecule has 4 rings (SSSR count). The number of anilines is 3. The molecule has 1 heterocycles. The Morgan fingerprint density at radius 1 is 0.407 bits per heavy atom. The van der Waals surface area contributed by atoms with E-state index in [4.69, 9.17) is 49.8 Å². The maximum absolute atomic E-state index is 7.18. The van der Waals surface area contributed by atoms with Crippen LogP contribution in [0.3, 0.4) is 0 Å². The first kappa shape index (κ1) is 43.5. The average molecular weight is 800 g/mol. The minimum atomic E-state index is -0.162. The van der Waals surface area contributed by atoms with Crippen LogP contribution in [-0.2, 0) is 0 Å². The summed E-state index contributed by atoms with van der Waals surface area (Å²) in [6.45, 7) is 23.0. The van der Waals surface area contributed by atoms with Gasteiger partial charge in [0.2, 0.25) is 17.8 Å². The van der Waals surface area contributed by atoms with Crippen LogP contribution in [0.2, 0.25) is 0 Å². The zero-order valence-corrected chi connectivity index (χ0v) is 35.5. The first-order valence-corrected chi connectivity index (χ1v) is 21.1. The first-order valence-electron chi connectivity index (χ1n) is 19.8. The van der Waals surface area contributed by atoms with Gasteiger partial charge >= 0.3 is 0 Å². The van der Waals surface area contributed by atoms with Gasteiger partial charge in [-0.2, -0.15) is 15.0 Å². The van der Waals surface area contributed by atoms with Crippen LogP contribution in [0.4, 0.5) is 17.8 Å². The first-order chi connectivity index (χ1) is 26.1. The molecule has 3 aromatic carbocycles. The molecule has 0 aliphatic rings. The van der Waals surface area contributed by atoms with Crippen molar-refractivity contribution < 1.29 is 13.4 Å². The van der Waals surface area contributed by atoms with E-state index in [1.807, 2.05) is 18.2 Å². The van der Waals surface area contributed by atoms with Crippen molar-refractivity contribution in [3.8, 4) is 0 Å². The van der Waals surface area contributed by atoms with Gasteiger partial charge in [-0.25, -0.2) is 0 Å². The summed E-state index contributed by atoms with van der Waals surface area (Å²) < 4.78 is 2.18. The molecule has 0 spiro atoms. The van der Waals surface area contributed by atoms with Crippen LogP contribution in [0.1, 0.15) is 74.7 Å². The van der Waals surface area contributed by atoms with Gasteiger partial charge in [0.1, 0.15) is 0 Å². The van der Waals surface area contributed by atoms with Crippen LogP contribution in [0.25, 0.3) is 0 Å². The highest BCUT2D eigenvalue weighted by Gasteiger charge is 2.36. The SMILES string of the molecule is CC[N+](CC)(CCNc1nc(NCC[N+](CC)(CC)C(Cl)c2ccccc2)nc(NCC[N+](CC)(CC)C(Cl)c2ccccc2)n1)C(Cl)c1ccccc1. The molecule has 0 fully saturated rings. The number of alkyl halides is 3. The van der Waals surface area contributed by atoms with Crippen LogP contribution in [-0.4, -0.2) is 107 Å². The normalized spacial score (nSPS) is 13.9. The lowest BCUT2D eigenvalue weighted by Crippen LogP contribution is -2.51. The smallest absolute Gasteiger partial charge is 0.229 e. The fourth-order valence-corrected chi connectivity index (χ4v) is 9.05. The number of benzene rings is 3. The maximum atomic E-state index is 7.18. The molecular weight excluding hydrogens is 737 g/mol. The Labute approximate surface area is 339 Å². The number of quaternary nitrogens is 3. The summed E-state index contributed by atoms with van der Waals surface area (Å²) in [5, 5.41) is 10.6. The van der Waals surface area contributed by atoms with E-state index in [1.165, 1.54) is 0 Å². The summed E-state index contributed by atoms with van der Waals surface area (Å²) in [6.07, 6.45) is 0. The topological polar surface area (TPSA) is 74.8 Å². The number of likely N-dealkylation sites (N-methyl/N-ethyl adjacent to an activating group) is 3. The molecule has 12 heteroatoms. The molecule has 0 radical (unpaired) electrons. The van der Waals surface area contributed by atoms with Crippen LogP contribution in [0, 0.1) is 0 Å². The van der Waals surface area contributed by atoms with Gasteiger partial charge in [-0.3, -0.25) is 0 Å². The van der Waals surface area contributed by atoms with Gasteiger partial charge in [0.05, 0.1) is 78.5 Å². The molecular formula is C42H63Cl3N9+3. The van der Waals surface area contributed by atoms with Crippen LogP contribution in [0.5, 0.6) is 0 Å². The van der Waals surface area contributed by atoms with E-state index in [0.29, 0.717) is 37.5 Å². The van der Waals surface area contributed by atoms with Crippen molar-refractivity contribution in [2.45, 2.75) is 58.0 Å². The highest BCUT2D eigenvalue weighted by Crippen LogP contribution is 2.34. The van der Waals surface area contributed by atoms with Crippen molar-refractivity contribution in [3.63, 3.8) is 0 Å². The number of nitrogens with zero attached hydrogens (tertiary/aromatic N) is 6. The van der Waals surface area contributed by atoms with E-state index in [1.54, 1.807) is 0 Å². The van der Waals surface area contributed by atoms with Crippen molar-refractivity contribution in [2.24, 2.45) is 0 Å². The third-order valence-corrected chi connectivity index (χ3v) is 13.6. The Balaban J connectivity index is 1.53. The number of rotatable bonds is 24. The van der Waals surface area contributed by atoms with Crippen molar-refractivity contribution in [2.75, 3.05) is 94.5 Å². The molecule has 0 bridgehead atoms. The second-order valence-electron chi connectivity index (χ2n) is 14.0. The Kier molecular flexibility index (Phi) is 17.1. The molecule has 294 valence electrons. The van der Waals surface area contributed by atoms with Crippen molar-refractivity contribution in [1.82, 2.24) is 15.0 Å². The van der Waals surface area contributed by atoms with Gasteiger partial charge < -0.3 is 29.4 Å². The van der Waals surface area contributed by atoms with Gasteiger partial charge in [0.15, 0.2) is 16.5 Å². The van der Waals surface area contributed by atoms with Crippen molar-refractivity contribution >= 4 is 52.6 Å². The highest BCUT2D eigenvalue weighted by atomic mass is 35.5. The second kappa shape index (κ2) is 21.2. The minimum absolute atomic E-state index is 0.162. The molecule has 1 aromatic heterocycles. The third kappa shape index (κ3) is 10.8. The van der Waals surface area contributed by atoms with Crippen molar-refractivity contribution in [3.05, 3.63) is 108 Å². The number of hydrogen-bond acceptors (Lipinski definition) is 6. The lowest BCUT2D eigenvalue weighted by molar-refractivity contribution is -0.940.